The number of rotatable bonds is 9. The summed E-state index contributed by atoms with van der Waals surface area (Å²) in [6.45, 7) is 1.91. The molecule has 0 aromatic heterocycles. The SMILES string of the molecule is CCCC(=O)CC[C@H](NOC(=O)c1ccccc1)C(=O)OC. The molecule has 0 bridgehead atoms. The maximum absolute atomic E-state index is 11.8. The summed E-state index contributed by atoms with van der Waals surface area (Å²) in [6, 6.07) is 7.53. The van der Waals surface area contributed by atoms with E-state index in [-0.39, 0.29) is 18.6 Å². The van der Waals surface area contributed by atoms with Crippen molar-refractivity contribution in [3.8, 4) is 0 Å². The fourth-order valence-electron chi connectivity index (χ4n) is 1.83. The van der Waals surface area contributed by atoms with Crippen LogP contribution < -0.4 is 5.48 Å². The van der Waals surface area contributed by atoms with Gasteiger partial charge < -0.3 is 9.57 Å². The van der Waals surface area contributed by atoms with Crippen molar-refractivity contribution in [2.45, 2.75) is 38.6 Å². The van der Waals surface area contributed by atoms with Gasteiger partial charge in [-0.05, 0) is 25.0 Å². The van der Waals surface area contributed by atoms with Crippen LogP contribution in [0.5, 0.6) is 0 Å². The maximum Gasteiger partial charge on any atom is 0.356 e. The molecule has 0 spiro atoms. The molecular weight excluding hydrogens is 286 g/mol. The van der Waals surface area contributed by atoms with E-state index in [1.165, 1.54) is 7.11 Å². The fourth-order valence-corrected chi connectivity index (χ4v) is 1.83. The first-order chi connectivity index (χ1) is 10.6. The molecule has 1 rings (SSSR count). The van der Waals surface area contributed by atoms with Gasteiger partial charge in [-0.15, -0.1) is 5.48 Å². The highest BCUT2D eigenvalue weighted by Crippen LogP contribution is 2.06. The van der Waals surface area contributed by atoms with E-state index in [0.717, 1.165) is 6.42 Å². The van der Waals surface area contributed by atoms with Crippen molar-refractivity contribution >= 4 is 17.7 Å². The molecule has 1 atom stereocenters. The highest BCUT2D eigenvalue weighted by Gasteiger charge is 2.22. The maximum atomic E-state index is 11.8. The standard InChI is InChI=1S/C16H21NO5/c1-3-7-13(18)10-11-14(16(20)21-2)17-22-15(19)12-8-5-4-6-9-12/h4-6,8-9,14,17H,3,7,10-11H2,1-2H3/t14-/m0/s1. The van der Waals surface area contributed by atoms with Crippen molar-refractivity contribution in [3.05, 3.63) is 35.9 Å². The Morgan fingerprint density at radius 2 is 1.82 bits per heavy atom. The molecule has 6 heteroatoms. The fraction of sp³-hybridized carbons (Fsp3) is 0.438. The van der Waals surface area contributed by atoms with Crippen LogP contribution in [0.25, 0.3) is 0 Å². The summed E-state index contributed by atoms with van der Waals surface area (Å²) >= 11 is 0. The number of ketones is 1. The molecule has 0 amide bonds. The van der Waals surface area contributed by atoms with Crippen LogP contribution in [-0.2, 0) is 19.2 Å². The lowest BCUT2D eigenvalue weighted by Gasteiger charge is -2.15. The number of carbonyl (C=O) groups is 3. The molecule has 0 heterocycles. The second kappa shape index (κ2) is 9.68. The van der Waals surface area contributed by atoms with E-state index in [9.17, 15) is 14.4 Å². The molecule has 1 N–H and O–H groups in total. The van der Waals surface area contributed by atoms with Crippen LogP contribution in [0.2, 0.25) is 0 Å². The van der Waals surface area contributed by atoms with Crippen molar-refractivity contribution < 1.29 is 24.0 Å². The quantitative estimate of drug-likeness (QED) is 0.555. The van der Waals surface area contributed by atoms with Gasteiger partial charge in [-0.1, -0.05) is 25.1 Å². The first-order valence-corrected chi connectivity index (χ1v) is 7.19. The molecule has 0 radical (unpaired) electrons. The minimum Gasteiger partial charge on any atom is -0.468 e. The van der Waals surface area contributed by atoms with Crippen molar-refractivity contribution in [2.24, 2.45) is 0 Å². The number of benzene rings is 1. The molecule has 0 fully saturated rings. The van der Waals surface area contributed by atoms with Crippen molar-refractivity contribution in [1.29, 1.82) is 0 Å². The number of Topliss-reactive ketones (excluding diaryl/α,β-unsaturated/α-hetero) is 1. The van der Waals surface area contributed by atoms with Gasteiger partial charge in [0.05, 0.1) is 12.7 Å². The van der Waals surface area contributed by atoms with Crippen LogP contribution in [0.3, 0.4) is 0 Å². The highest BCUT2D eigenvalue weighted by molar-refractivity contribution is 5.89. The summed E-state index contributed by atoms with van der Waals surface area (Å²) in [7, 11) is 1.24. The minimum atomic E-state index is -0.863. The molecule has 120 valence electrons. The number of hydrogen-bond donors (Lipinski definition) is 1. The first-order valence-electron chi connectivity index (χ1n) is 7.19. The number of carbonyl (C=O) groups excluding carboxylic acids is 3. The molecule has 0 saturated heterocycles. The van der Waals surface area contributed by atoms with Crippen LogP contribution in [0.1, 0.15) is 43.0 Å². The van der Waals surface area contributed by atoms with Gasteiger partial charge in [-0.2, -0.15) is 0 Å². The predicted octanol–water partition coefficient (Wildman–Crippen LogP) is 2.04. The third-order valence-electron chi connectivity index (χ3n) is 3.03. The number of hydrogen-bond acceptors (Lipinski definition) is 6. The Balaban J connectivity index is 2.53. The van der Waals surface area contributed by atoms with Gasteiger partial charge in [0.25, 0.3) is 0 Å². The molecule has 1 aromatic rings. The van der Waals surface area contributed by atoms with E-state index in [0.29, 0.717) is 12.0 Å². The van der Waals surface area contributed by atoms with Crippen LogP contribution in [0.15, 0.2) is 30.3 Å². The van der Waals surface area contributed by atoms with E-state index >= 15 is 0 Å². The number of esters is 1. The molecule has 6 nitrogen and oxygen atoms in total. The van der Waals surface area contributed by atoms with E-state index in [1.54, 1.807) is 30.3 Å². The average Bonchev–Trinajstić information content (AvgIpc) is 2.55. The summed E-state index contributed by atoms with van der Waals surface area (Å²) in [5.74, 6) is -1.12. The molecular formula is C16H21NO5. The summed E-state index contributed by atoms with van der Waals surface area (Å²) < 4.78 is 4.64. The Morgan fingerprint density at radius 1 is 1.14 bits per heavy atom. The average molecular weight is 307 g/mol. The van der Waals surface area contributed by atoms with E-state index in [4.69, 9.17) is 4.84 Å². The topological polar surface area (TPSA) is 81.7 Å². The molecule has 22 heavy (non-hydrogen) atoms. The van der Waals surface area contributed by atoms with Crippen molar-refractivity contribution in [2.75, 3.05) is 7.11 Å². The highest BCUT2D eigenvalue weighted by atomic mass is 16.7. The molecule has 0 unspecified atom stereocenters. The van der Waals surface area contributed by atoms with Gasteiger partial charge in [0.2, 0.25) is 0 Å². The van der Waals surface area contributed by atoms with Crippen LogP contribution in [0, 0.1) is 0 Å². The summed E-state index contributed by atoms with van der Waals surface area (Å²) in [4.78, 5) is 39.9. The lowest BCUT2D eigenvalue weighted by Crippen LogP contribution is -2.39. The third-order valence-corrected chi connectivity index (χ3v) is 3.03. The Bertz CT molecular complexity index is 501. The van der Waals surface area contributed by atoms with Gasteiger partial charge in [-0.25, -0.2) is 4.79 Å². The van der Waals surface area contributed by atoms with E-state index in [2.05, 4.69) is 10.2 Å². The second-order valence-corrected chi connectivity index (χ2v) is 4.78. The number of ether oxygens (including phenoxy) is 1. The number of hydroxylamine groups is 1. The Morgan fingerprint density at radius 3 is 2.41 bits per heavy atom. The lowest BCUT2D eigenvalue weighted by atomic mass is 10.1. The summed E-state index contributed by atoms with van der Waals surface area (Å²) in [6.07, 6.45) is 1.67. The molecule has 0 aliphatic rings. The Kier molecular flexibility index (Phi) is 7.85. The van der Waals surface area contributed by atoms with Gasteiger partial charge in [0.1, 0.15) is 11.8 Å². The normalized spacial score (nSPS) is 11.5. The lowest BCUT2D eigenvalue weighted by molar-refractivity contribution is -0.146. The van der Waals surface area contributed by atoms with Crippen molar-refractivity contribution in [3.63, 3.8) is 0 Å². The Hall–Kier alpha value is -2.21. The summed E-state index contributed by atoms with van der Waals surface area (Å²) in [5.41, 5.74) is 2.75. The zero-order valence-corrected chi connectivity index (χ0v) is 12.8. The zero-order valence-electron chi connectivity index (χ0n) is 12.8. The smallest absolute Gasteiger partial charge is 0.356 e. The van der Waals surface area contributed by atoms with E-state index in [1.807, 2.05) is 6.92 Å². The van der Waals surface area contributed by atoms with Crippen LogP contribution >= 0.6 is 0 Å². The second-order valence-electron chi connectivity index (χ2n) is 4.78. The number of methoxy groups -OCH3 is 1. The monoisotopic (exact) mass is 307 g/mol. The van der Waals surface area contributed by atoms with Gasteiger partial charge in [-0.3, -0.25) is 9.59 Å². The zero-order chi connectivity index (χ0) is 16.4. The largest absolute Gasteiger partial charge is 0.468 e. The number of nitrogens with one attached hydrogen (secondary N) is 1. The molecule has 0 aliphatic carbocycles. The third kappa shape index (κ3) is 6.05. The summed E-state index contributed by atoms with van der Waals surface area (Å²) in [5, 5.41) is 0. The molecule has 0 aliphatic heterocycles. The minimum absolute atomic E-state index is 0.0626. The van der Waals surface area contributed by atoms with Crippen molar-refractivity contribution in [1.82, 2.24) is 5.48 Å². The molecule has 0 saturated carbocycles. The Labute approximate surface area is 129 Å². The first kappa shape index (κ1) is 17.8. The predicted molar refractivity (Wildman–Crippen MR) is 79.9 cm³/mol. The van der Waals surface area contributed by atoms with Gasteiger partial charge >= 0.3 is 11.9 Å². The van der Waals surface area contributed by atoms with Gasteiger partial charge in [0.15, 0.2) is 0 Å². The van der Waals surface area contributed by atoms with E-state index < -0.39 is 18.0 Å². The van der Waals surface area contributed by atoms with Crippen LogP contribution in [-0.4, -0.2) is 30.9 Å². The van der Waals surface area contributed by atoms with Gasteiger partial charge in [0, 0.05) is 12.8 Å². The van der Waals surface area contributed by atoms with Crippen LogP contribution in [0.4, 0.5) is 0 Å². The molecule has 1 aromatic carbocycles.